The largest absolute Gasteiger partial charge is 0.206 e. The lowest BCUT2D eigenvalue weighted by molar-refractivity contribution is 0.601. The molecular formula is C9H10FS. The van der Waals surface area contributed by atoms with Gasteiger partial charge in [-0.05, 0) is 24.3 Å². The maximum Gasteiger partial charge on any atom is 0.137 e. The van der Waals surface area contributed by atoms with Crippen molar-refractivity contribution < 1.29 is 4.39 Å². The Kier molecular flexibility index (Phi) is 3.43. The molecule has 1 rings (SSSR count). The van der Waals surface area contributed by atoms with Crippen LogP contribution >= 0.6 is 11.8 Å². The second-order valence-corrected chi connectivity index (χ2v) is 3.30. The van der Waals surface area contributed by atoms with Crippen molar-refractivity contribution in [2.24, 2.45) is 0 Å². The normalized spacial score (nSPS) is 10.0. The Hall–Kier alpha value is -0.500. The van der Waals surface area contributed by atoms with E-state index in [0.717, 1.165) is 12.2 Å². The summed E-state index contributed by atoms with van der Waals surface area (Å²) in [6, 6.07) is 7.72. The van der Waals surface area contributed by atoms with Gasteiger partial charge in [-0.25, -0.2) is 4.39 Å². The molecule has 59 valence electrons. The third kappa shape index (κ3) is 2.54. The molecule has 0 fully saturated rings. The smallest absolute Gasteiger partial charge is 0.137 e. The maximum absolute atomic E-state index is 12.9. The quantitative estimate of drug-likeness (QED) is 0.626. The average molecular weight is 169 g/mol. The van der Waals surface area contributed by atoms with Crippen LogP contribution in [-0.2, 0) is 0 Å². The number of benzene rings is 1. The minimum atomic E-state index is -0.161. The van der Waals surface area contributed by atoms with Crippen LogP contribution in [0.2, 0.25) is 0 Å². The Labute approximate surface area is 70.8 Å². The molecule has 0 nitrogen and oxygen atoms in total. The fourth-order valence-corrected chi connectivity index (χ4v) is 1.48. The second-order valence-electron chi connectivity index (χ2n) is 2.20. The van der Waals surface area contributed by atoms with Gasteiger partial charge in [0.05, 0.1) is 4.90 Å². The van der Waals surface area contributed by atoms with Crippen LogP contribution in [0.15, 0.2) is 23.1 Å². The topological polar surface area (TPSA) is 0 Å². The van der Waals surface area contributed by atoms with E-state index in [9.17, 15) is 4.39 Å². The lowest BCUT2D eigenvalue weighted by Crippen LogP contribution is -1.81. The summed E-state index contributed by atoms with van der Waals surface area (Å²) in [7, 11) is 0. The summed E-state index contributed by atoms with van der Waals surface area (Å²) in [6.07, 6.45) is 1.06. The van der Waals surface area contributed by atoms with Crippen molar-refractivity contribution >= 4 is 11.8 Å². The van der Waals surface area contributed by atoms with Crippen molar-refractivity contribution in [3.8, 4) is 0 Å². The molecule has 0 unspecified atom stereocenters. The predicted molar refractivity (Wildman–Crippen MR) is 46.3 cm³/mol. The first kappa shape index (κ1) is 8.60. The highest BCUT2D eigenvalue weighted by molar-refractivity contribution is 7.99. The second kappa shape index (κ2) is 4.39. The third-order valence-electron chi connectivity index (χ3n) is 1.22. The van der Waals surface area contributed by atoms with Crippen LogP contribution in [0.3, 0.4) is 0 Å². The molecule has 0 aliphatic carbocycles. The summed E-state index contributed by atoms with van der Waals surface area (Å²) in [5.41, 5.74) is 0. The molecule has 2 heteroatoms. The highest BCUT2D eigenvalue weighted by Crippen LogP contribution is 2.20. The van der Waals surface area contributed by atoms with Gasteiger partial charge in [0.1, 0.15) is 5.82 Å². The molecule has 0 spiro atoms. The van der Waals surface area contributed by atoms with Gasteiger partial charge in [0.15, 0.2) is 0 Å². The van der Waals surface area contributed by atoms with Crippen molar-refractivity contribution in [2.75, 3.05) is 5.75 Å². The molecule has 0 aliphatic heterocycles. The van der Waals surface area contributed by atoms with E-state index in [4.69, 9.17) is 0 Å². The first-order chi connectivity index (χ1) is 5.34. The van der Waals surface area contributed by atoms with E-state index in [1.54, 1.807) is 12.1 Å². The number of hydrogen-bond acceptors (Lipinski definition) is 1. The van der Waals surface area contributed by atoms with Gasteiger partial charge in [0, 0.05) is 0 Å². The van der Waals surface area contributed by atoms with Crippen LogP contribution in [0.5, 0.6) is 0 Å². The molecule has 0 saturated carbocycles. The Bertz CT molecular complexity index is 223. The molecule has 0 amide bonds. The van der Waals surface area contributed by atoms with Gasteiger partial charge in [-0.3, -0.25) is 0 Å². The Morgan fingerprint density at radius 3 is 3.09 bits per heavy atom. The monoisotopic (exact) mass is 169 g/mol. The van der Waals surface area contributed by atoms with E-state index in [1.165, 1.54) is 17.8 Å². The summed E-state index contributed by atoms with van der Waals surface area (Å²) >= 11 is 1.52. The number of thioether (sulfide) groups is 1. The van der Waals surface area contributed by atoms with E-state index >= 15 is 0 Å². The average Bonchev–Trinajstić information content (AvgIpc) is 2.03. The van der Waals surface area contributed by atoms with Crippen LogP contribution in [0.4, 0.5) is 4.39 Å². The lowest BCUT2D eigenvalue weighted by atomic mass is 10.3. The first-order valence-electron chi connectivity index (χ1n) is 3.63. The number of halogens is 1. The molecule has 0 heterocycles. The number of rotatable bonds is 3. The summed E-state index contributed by atoms with van der Waals surface area (Å²) in [5.74, 6) is 0.795. The highest BCUT2D eigenvalue weighted by Gasteiger charge is 1.98. The summed E-state index contributed by atoms with van der Waals surface area (Å²) in [5, 5.41) is 0. The highest BCUT2D eigenvalue weighted by atomic mass is 32.2. The zero-order chi connectivity index (χ0) is 8.10. The summed E-state index contributed by atoms with van der Waals surface area (Å²) in [6.45, 7) is 2.08. The molecule has 1 aromatic rings. The first-order valence-corrected chi connectivity index (χ1v) is 4.62. The van der Waals surface area contributed by atoms with E-state index in [1.807, 2.05) is 0 Å². The van der Waals surface area contributed by atoms with E-state index in [2.05, 4.69) is 13.0 Å². The molecule has 0 saturated heterocycles. The molecule has 1 radical (unpaired) electrons. The molecule has 11 heavy (non-hydrogen) atoms. The van der Waals surface area contributed by atoms with Gasteiger partial charge in [0.2, 0.25) is 0 Å². The van der Waals surface area contributed by atoms with Crippen molar-refractivity contribution in [3.05, 3.63) is 30.1 Å². The van der Waals surface area contributed by atoms with E-state index in [0.29, 0.717) is 4.90 Å². The van der Waals surface area contributed by atoms with Gasteiger partial charge in [-0.1, -0.05) is 19.1 Å². The predicted octanol–water partition coefficient (Wildman–Crippen LogP) is 3.13. The Balaban J connectivity index is 2.62. The molecule has 0 aliphatic rings. The van der Waals surface area contributed by atoms with Gasteiger partial charge in [-0.2, -0.15) is 0 Å². The summed E-state index contributed by atoms with van der Waals surface area (Å²) < 4.78 is 12.9. The fourth-order valence-electron chi connectivity index (χ4n) is 0.716. The SMILES string of the molecule is CCCSc1[c]cccc1F. The van der Waals surface area contributed by atoms with Crippen molar-refractivity contribution in [2.45, 2.75) is 18.2 Å². The molecular weight excluding hydrogens is 159 g/mol. The summed E-state index contributed by atoms with van der Waals surface area (Å²) in [4.78, 5) is 0.634. The van der Waals surface area contributed by atoms with Gasteiger partial charge >= 0.3 is 0 Å². The van der Waals surface area contributed by atoms with Crippen molar-refractivity contribution in [1.82, 2.24) is 0 Å². The Morgan fingerprint density at radius 2 is 2.45 bits per heavy atom. The van der Waals surface area contributed by atoms with Crippen LogP contribution in [0, 0.1) is 11.9 Å². The van der Waals surface area contributed by atoms with Gasteiger partial charge in [0.25, 0.3) is 0 Å². The Morgan fingerprint density at radius 1 is 1.64 bits per heavy atom. The zero-order valence-electron chi connectivity index (χ0n) is 6.43. The third-order valence-corrected chi connectivity index (χ3v) is 2.43. The minimum Gasteiger partial charge on any atom is -0.206 e. The van der Waals surface area contributed by atoms with Crippen LogP contribution in [-0.4, -0.2) is 5.75 Å². The van der Waals surface area contributed by atoms with E-state index < -0.39 is 0 Å². The maximum atomic E-state index is 12.9. The zero-order valence-corrected chi connectivity index (χ0v) is 7.25. The van der Waals surface area contributed by atoms with Crippen molar-refractivity contribution in [3.63, 3.8) is 0 Å². The fraction of sp³-hybridized carbons (Fsp3) is 0.333. The molecule has 0 atom stereocenters. The van der Waals surface area contributed by atoms with Gasteiger partial charge in [-0.15, -0.1) is 11.8 Å². The minimum absolute atomic E-state index is 0.161. The van der Waals surface area contributed by atoms with Crippen LogP contribution in [0.1, 0.15) is 13.3 Å². The van der Waals surface area contributed by atoms with Crippen LogP contribution in [0.25, 0.3) is 0 Å². The standard InChI is InChI=1S/C9H10FS/c1-2-7-11-9-6-4-3-5-8(9)10/h3-5H,2,7H2,1H3. The molecule has 0 bridgehead atoms. The molecule has 1 aromatic carbocycles. The van der Waals surface area contributed by atoms with Crippen molar-refractivity contribution in [1.29, 1.82) is 0 Å². The van der Waals surface area contributed by atoms with E-state index in [-0.39, 0.29) is 5.82 Å². The molecule has 0 aromatic heterocycles. The van der Waals surface area contributed by atoms with Crippen LogP contribution < -0.4 is 0 Å². The van der Waals surface area contributed by atoms with Gasteiger partial charge < -0.3 is 0 Å². The number of hydrogen-bond donors (Lipinski definition) is 0. The lowest BCUT2D eigenvalue weighted by Gasteiger charge is -1.98. The molecule has 0 N–H and O–H groups in total.